The van der Waals surface area contributed by atoms with Crippen LogP contribution in [0.25, 0.3) is 10.9 Å². The Balaban J connectivity index is 1.88. The third-order valence-corrected chi connectivity index (χ3v) is 2.95. The van der Waals surface area contributed by atoms with Crippen LogP contribution in [-0.2, 0) is 6.61 Å². The summed E-state index contributed by atoms with van der Waals surface area (Å²) >= 11 is 0. The molecule has 0 amide bonds. The minimum absolute atomic E-state index is 0.0302. The number of H-pyrrole nitrogens is 1. The van der Waals surface area contributed by atoms with E-state index >= 15 is 0 Å². The third-order valence-electron chi connectivity index (χ3n) is 2.95. The number of aromatic nitrogens is 1. The smallest absolute Gasteiger partial charge is 0.195 e. The van der Waals surface area contributed by atoms with E-state index in [1.54, 1.807) is 6.07 Å². The zero-order valence-corrected chi connectivity index (χ0v) is 10.3. The number of benzene rings is 2. The number of hydrogen-bond acceptors (Lipinski definition) is 2. The molecule has 0 bridgehead atoms. The Labute approximate surface area is 110 Å². The molecule has 1 heterocycles. The average molecular weight is 251 g/mol. The molecule has 0 aliphatic heterocycles. The molecule has 0 radical (unpaired) electrons. The summed E-state index contributed by atoms with van der Waals surface area (Å²) < 4.78 is 5.63. The molecular weight excluding hydrogens is 238 g/mol. The van der Waals surface area contributed by atoms with Crippen LogP contribution >= 0.6 is 0 Å². The van der Waals surface area contributed by atoms with E-state index in [0.29, 0.717) is 17.9 Å². The summed E-state index contributed by atoms with van der Waals surface area (Å²) in [6.45, 7) is 0.440. The molecule has 0 atom stereocenters. The Kier molecular flexibility index (Phi) is 3.02. The SMILES string of the molecule is O=c1cc(OCc2ccccc2)[nH]c2ccccc12. The van der Waals surface area contributed by atoms with Crippen molar-refractivity contribution in [3.63, 3.8) is 0 Å². The lowest BCUT2D eigenvalue weighted by atomic mass is 10.2. The Bertz CT molecular complexity index is 747. The molecule has 2 aromatic carbocycles. The maximum Gasteiger partial charge on any atom is 0.195 e. The van der Waals surface area contributed by atoms with Gasteiger partial charge in [-0.05, 0) is 17.7 Å². The average Bonchev–Trinajstić information content (AvgIpc) is 2.46. The minimum atomic E-state index is -0.0302. The van der Waals surface area contributed by atoms with Crippen molar-refractivity contribution in [2.24, 2.45) is 0 Å². The molecule has 0 spiro atoms. The van der Waals surface area contributed by atoms with E-state index in [4.69, 9.17) is 4.74 Å². The van der Waals surface area contributed by atoms with Gasteiger partial charge in [-0.25, -0.2) is 0 Å². The molecule has 94 valence electrons. The van der Waals surface area contributed by atoms with Crippen LogP contribution in [0.2, 0.25) is 0 Å². The lowest BCUT2D eigenvalue weighted by Crippen LogP contribution is -2.05. The van der Waals surface area contributed by atoms with Gasteiger partial charge in [-0.15, -0.1) is 0 Å². The Morgan fingerprint density at radius 2 is 1.68 bits per heavy atom. The third kappa shape index (κ3) is 2.50. The zero-order valence-electron chi connectivity index (χ0n) is 10.3. The summed E-state index contributed by atoms with van der Waals surface area (Å²) in [5.74, 6) is 0.493. The molecule has 3 aromatic rings. The molecule has 0 unspecified atom stereocenters. The van der Waals surface area contributed by atoms with Crippen molar-refractivity contribution in [3.8, 4) is 5.88 Å². The van der Waals surface area contributed by atoms with Crippen molar-refractivity contribution in [1.29, 1.82) is 0 Å². The molecule has 0 aliphatic rings. The van der Waals surface area contributed by atoms with Crippen LogP contribution in [-0.4, -0.2) is 4.98 Å². The molecule has 3 heteroatoms. The second kappa shape index (κ2) is 4.98. The summed E-state index contributed by atoms with van der Waals surface area (Å²) in [5.41, 5.74) is 1.83. The Hall–Kier alpha value is -2.55. The maximum absolute atomic E-state index is 11.9. The first-order valence-corrected chi connectivity index (χ1v) is 6.12. The molecule has 0 saturated carbocycles. The van der Waals surface area contributed by atoms with Crippen LogP contribution in [0.5, 0.6) is 5.88 Å². The number of aromatic amines is 1. The maximum atomic E-state index is 11.9. The second-order valence-corrected chi connectivity index (χ2v) is 4.32. The molecule has 1 aromatic heterocycles. The molecule has 3 rings (SSSR count). The van der Waals surface area contributed by atoms with Crippen LogP contribution in [0.3, 0.4) is 0 Å². The van der Waals surface area contributed by atoms with E-state index in [2.05, 4.69) is 4.98 Å². The van der Waals surface area contributed by atoms with Gasteiger partial charge in [0.05, 0.1) is 5.52 Å². The standard InChI is InChI=1S/C16H13NO2/c18-15-10-16(17-14-9-5-4-8-13(14)15)19-11-12-6-2-1-3-7-12/h1-10H,11H2,(H,17,18). The van der Waals surface area contributed by atoms with Crippen LogP contribution in [0.15, 0.2) is 65.5 Å². The van der Waals surface area contributed by atoms with Gasteiger partial charge in [-0.1, -0.05) is 42.5 Å². The summed E-state index contributed by atoms with van der Waals surface area (Å²) in [7, 11) is 0. The number of ether oxygens (including phenoxy) is 1. The number of para-hydroxylation sites is 1. The van der Waals surface area contributed by atoms with Crippen molar-refractivity contribution < 1.29 is 4.74 Å². The van der Waals surface area contributed by atoms with Crippen LogP contribution in [0.4, 0.5) is 0 Å². The van der Waals surface area contributed by atoms with Gasteiger partial charge in [0.25, 0.3) is 0 Å². The van der Waals surface area contributed by atoms with Gasteiger partial charge in [0.2, 0.25) is 0 Å². The molecule has 19 heavy (non-hydrogen) atoms. The lowest BCUT2D eigenvalue weighted by molar-refractivity contribution is 0.295. The molecule has 3 nitrogen and oxygen atoms in total. The van der Waals surface area contributed by atoms with Gasteiger partial charge in [0.15, 0.2) is 11.3 Å². The first-order chi connectivity index (χ1) is 9.33. The number of fused-ring (bicyclic) bond motifs is 1. The quantitative estimate of drug-likeness (QED) is 0.777. The topological polar surface area (TPSA) is 42.1 Å². The molecule has 0 saturated heterocycles. The van der Waals surface area contributed by atoms with Crippen LogP contribution < -0.4 is 10.2 Å². The lowest BCUT2D eigenvalue weighted by Gasteiger charge is -2.07. The summed E-state index contributed by atoms with van der Waals surface area (Å²) in [4.78, 5) is 15.0. The van der Waals surface area contributed by atoms with Crippen molar-refractivity contribution in [1.82, 2.24) is 4.98 Å². The second-order valence-electron chi connectivity index (χ2n) is 4.32. The van der Waals surface area contributed by atoms with Crippen molar-refractivity contribution in [2.75, 3.05) is 0 Å². The molecular formula is C16H13NO2. The summed E-state index contributed by atoms with van der Waals surface area (Å²) in [5, 5.41) is 0.676. The highest BCUT2D eigenvalue weighted by Crippen LogP contribution is 2.13. The zero-order chi connectivity index (χ0) is 13.1. The van der Waals surface area contributed by atoms with E-state index in [0.717, 1.165) is 11.1 Å². The molecule has 0 fully saturated rings. The summed E-state index contributed by atoms with van der Waals surface area (Å²) in [6.07, 6.45) is 0. The first-order valence-electron chi connectivity index (χ1n) is 6.12. The largest absolute Gasteiger partial charge is 0.474 e. The fourth-order valence-corrected chi connectivity index (χ4v) is 1.99. The minimum Gasteiger partial charge on any atom is -0.474 e. The van der Waals surface area contributed by atoms with Crippen molar-refractivity contribution >= 4 is 10.9 Å². The summed E-state index contributed by atoms with van der Waals surface area (Å²) in [6, 6.07) is 18.7. The van der Waals surface area contributed by atoms with E-state index in [1.165, 1.54) is 6.07 Å². The van der Waals surface area contributed by atoms with Gasteiger partial charge in [-0.3, -0.25) is 4.79 Å². The Morgan fingerprint density at radius 1 is 0.947 bits per heavy atom. The highest BCUT2D eigenvalue weighted by atomic mass is 16.5. The number of rotatable bonds is 3. The van der Waals surface area contributed by atoms with Crippen molar-refractivity contribution in [2.45, 2.75) is 6.61 Å². The van der Waals surface area contributed by atoms with E-state index in [9.17, 15) is 4.79 Å². The van der Waals surface area contributed by atoms with Crippen molar-refractivity contribution in [3.05, 3.63) is 76.5 Å². The van der Waals surface area contributed by atoms with E-state index < -0.39 is 0 Å². The fraction of sp³-hybridized carbons (Fsp3) is 0.0625. The van der Waals surface area contributed by atoms with Gasteiger partial charge in [0, 0.05) is 11.5 Å². The first kappa shape index (κ1) is 11.5. The Morgan fingerprint density at radius 3 is 2.53 bits per heavy atom. The van der Waals surface area contributed by atoms with E-state index in [1.807, 2.05) is 48.5 Å². The van der Waals surface area contributed by atoms with Gasteiger partial charge in [0.1, 0.15) is 6.61 Å². The number of pyridine rings is 1. The molecule has 0 aliphatic carbocycles. The van der Waals surface area contributed by atoms with Crippen LogP contribution in [0.1, 0.15) is 5.56 Å². The highest BCUT2D eigenvalue weighted by molar-refractivity contribution is 5.78. The van der Waals surface area contributed by atoms with Gasteiger partial charge in [-0.2, -0.15) is 0 Å². The predicted octanol–water partition coefficient (Wildman–Crippen LogP) is 3.11. The predicted molar refractivity (Wildman–Crippen MR) is 75.3 cm³/mol. The van der Waals surface area contributed by atoms with E-state index in [-0.39, 0.29) is 5.43 Å². The monoisotopic (exact) mass is 251 g/mol. The number of hydrogen-bond donors (Lipinski definition) is 1. The van der Waals surface area contributed by atoms with Gasteiger partial charge < -0.3 is 9.72 Å². The van der Waals surface area contributed by atoms with Gasteiger partial charge >= 0.3 is 0 Å². The molecule has 1 N–H and O–H groups in total. The normalized spacial score (nSPS) is 10.5. The fourth-order valence-electron chi connectivity index (χ4n) is 1.99. The van der Waals surface area contributed by atoms with Crippen LogP contribution in [0, 0.1) is 0 Å². The number of nitrogens with one attached hydrogen (secondary N) is 1. The highest BCUT2D eigenvalue weighted by Gasteiger charge is 2.02.